The van der Waals surface area contributed by atoms with Gasteiger partial charge in [-0.1, -0.05) is 12.1 Å². The van der Waals surface area contributed by atoms with Crippen LogP contribution in [0.4, 0.5) is 9.18 Å². The predicted molar refractivity (Wildman–Crippen MR) is 130 cm³/mol. The van der Waals surface area contributed by atoms with Crippen LogP contribution < -0.4 is 15.4 Å². The highest BCUT2D eigenvalue weighted by atomic mass is 19.1. The van der Waals surface area contributed by atoms with Gasteiger partial charge >= 0.3 is 12.0 Å². The van der Waals surface area contributed by atoms with E-state index in [0.29, 0.717) is 24.3 Å². The van der Waals surface area contributed by atoms with Crippen LogP contribution in [0.3, 0.4) is 0 Å². The number of methoxy groups -OCH3 is 1. The zero-order valence-corrected chi connectivity index (χ0v) is 20.1. The lowest BCUT2D eigenvalue weighted by atomic mass is 9.53. The van der Waals surface area contributed by atoms with Crippen molar-refractivity contribution < 1.29 is 23.5 Å². The quantitative estimate of drug-likeness (QED) is 0.497. The molecule has 0 saturated heterocycles. The summed E-state index contributed by atoms with van der Waals surface area (Å²) in [6, 6.07) is 12.8. The summed E-state index contributed by atoms with van der Waals surface area (Å²) in [7, 11) is 1.34. The van der Waals surface area contributed by atoms with Crippen LogP contribution in [0.1, 0.15) is 67.0 Å². The first-order valence-electron chi connectivity index (χ1n) is 12.6. The number of esters is 1. The van der Waals surface area contributed by atoms with Gasteiger partial charge in [0.25, 0.3) is 0 Å². The summed E-state index contributed by atoms with van der Waals surface area (Å²) in [4.78, 5) is 24.5. The first kappa shape index (κ1) is 23.6. The number of ether oxygens (including phenoxy) is 2. The van der Waals surface area contributed by atoms with Gasteiger partial charge in [-0.05, 0) is 98.2 Å². The Labute approximate surface area is 205 Å². The lowest BCUT2D eigenvalue weighted by Crippen LogP contribution is -2.61. The van der Waals surface area contributed by atoms with E-state index in [2.05, 4.69) is 10.6 Å². The Morgan fingerprint density at radius 3 is 2.14 bits per heavy atom. The lowest BCUT2D eigenvalue weighted by molar-refractivity contribution is -0.0135. The second kappa shape index (κ2) is 9.88. The highest BCUT2D eigenvalue weighted by Gasteiger charge is 2.51. The van der Waals surface area contributed by atoms with E-state index in [4.69, 9.17) is 9.47 Å². The predicted octanol–water partition coefficient (Wildman–Crippen LogP) is 5.39. The molecule has 4 fully saturated rings. The van der Waals surface area contributed by atoms with Gasteiger partial charge in [0, 0.05) is 18.5 Å². The molecule has 186 valence electrons. The van der Waals surface area contributed by atoms with E-state index in [0.717, 1.165) is 42.6 Å². The molecule has 0 heterocycles. The molecule has 6 nitrogen and oxygen atoms in total. The topological polar surface area (TPSA) is 76.7 Å². The maximum Gasteiger partial charge on any atom is 0.337 e. The van der Waals surface area contributed by atoms with Crippen molar-refractivity contribution in [3.63, 3.8) is 0 Å². The molecule has 35 heavy (non-hydrogen) atoms. The summed E-state index contributed by atoms with van der Waals surface area (Å²) in [5, 5.41) is 6.35. The molecule has 0 spiro atoms. The molecule has 4 aliphatic carbocycles. The first-order valence-corrected chi connectivity index (χ1v) is 12.6. The molecule has 7 heteroatoms. The van der Waals surface area contributed by atoms with Gasteiger partial charge in [-0.25, -0.2) is 14.0 Å². The molecular formula is C28H33FN2O4. The van der Waals surface area contributed by atoms with Crippen LogP contribution in [0.25, 0.3) is 0 Å². The zero-order chi connectivity index (χ0) is 24.4. The van der Waals surface area contributed by atoms with Crippen LogP contribution in [0.2, 0.25) is 0 Å². The summed E-state index contributed by atoms with van der Waals surface area (Å²) in [6.45, 7) is 0.417. The van der Waals surface area contributed by atoms with E-state index in [1.54, 1.807) is 36.4 Å². The monoisotopic (exact) mass is 480 g/mol. The second-order valence-corrected chi connectivity index (χ2v) is 10.5. The zero-order valence-electron chi connectivity index (χ0n) is 20.1. The van der Waals surface area contributed by atoms with Gasteiger partial charge in [-0.3, -0.25) is 0 Å². The number of hydrogen-bond donors (Lipinski definition) is 2. The van der Waals surface area contributed by atoms with E-state index in [1.807, 2.05) is 0 Å². The van der Waals surface area contributed by atoms with Gasteiger partial charge < -0.3 is 20.1 Å². The SMILES string of the molecule is COC(=O)c1ccc(OC(CCNC(=O)NC23CC4CC(CC(C4)C2)C3)c2ccc(F)cc2)cc1. The summed E-state index contributed by atoms with van der Waals surface area (Å²) >= 11 is 0. The summed E-state index contributed by atoms with van der Waals surface area (Å²) in [6.07, 6.45) is 7.44. The van der Waals surface area contributed by atoms with Crippen molar-refractivity contribution in [3.8, 4) is 5.75 Å². The Kier molecular flexibility index (Phi) is 6.67. The number of benzene rings is 2. The van der Waals surface area contributed by atoms with Crippen molar-refractivity contribution in [2.75, 3.05) is 13.7 Å². The molecule has 4 aliphatic rings. The highest BCUT2D eigenvalue weighted by Crippen LogP contribution is 2.55. The van der Waals surface area contributed by atoms with Gasteiger partial charge in [-0.15, -0.1) is 0 Å². The number of carbonyl (C=O) groups is 2. The van der Waals surface area contributed by atoms with E-state index >= 15 is 0 Å². The molecule has 4 saturated carbocycles. The molecule has 0 aromatic heterocycles. The third-order valence-electron chi connectivity index (χ3n) is 7.90. The molecule has 2 aromatic rings. The van der Waals surface area contributed by atoms with E-state index in [9.17, 15) is 14.0 Å². The van der Waals surface area contributed by atoms with Crippen molar-refractivity contribution in [3.05, 3.63) is 65.5 Å². The molecule has 2 N–H and O–H groups in total. The van der Waals surface area contributed by atoms with Crippen LogP contribution in [-0.2, 0) is 4.74 Å². The van der Waals surface area contributed by atoms with Crippen molar-refractivity contribution in [1.29, 1.82) is 0 Å². The number of hydrogen-bond acceptors (Lipinski definition) is 4. The highest BCUT2D eigenvalue weighted by molar-refractivity contribution is 5.89. The maximum absolute atomic E-state index is 13.5. The molecular weight excluding hydrogens is 447 g/mol. The third kappa shape index (κ3) is 5.44. The molecule has 2 aromatic carbocycles. The Morgan fingerprint density at radius 2 is 1.57 bits per heavy atom. The molecule has 0 radical (unpaired) electrons. The van der Waals surface area contributed by atoms with E-state index < -0.39 is 5.97 Å². The average Bonchev–Trinajstić information content (AvgIpc) is 2.82. The van der Waals surface area contributed by atoms with Crippen LogP contribution in [0.5, 0.6) is 5.75 Å². The normalized spacial score (nSPS) is 27.2. The fourth-order valence-corrected chi connectivity index (χ4v) is 6.79. The van der Waals surface area contributed by atoms with Crippen molar-refractivity contribution >= 4 is 12.0 Å². The fourth-order valence-electron chi connectivity index (χ4n) is 6.79. The Morgan fingerprint density at radius 1 is 0.971 bits per heavy atom. The summed E-state index contributed by atoms with van der Waals surface area (Å²) in [5.41, 5.74) is 1.21. The van der Waals surface area contributed by atoms with Gasteiger partial charge in [0.15, 0.2) is 0 Å². The smallest absolute Gasteiger partial charge is 0.337 e. The van der Waals surface area contributed by atoms with E-state index in [1.165, 1.54) is 38.5 Å². The minimum atomic E-state index is -0.416. The second-order valence-electron chi connectivity index (χ2n) is 10.5. The number of amides is 2. The van der Waals surface area contributed by atoms with Crippen LogP contribution in [0, 0.1) is 23.6 Å². The number of carbonyl (C=O) groups excluding carboxylic acids is 2. The third-order valence-corrected chi connectivity index (χ3v) is 7.90. The molecule has 6 rings (SSSR count). The van der Waals surface area contributed by atoms with Crippen LogP contribution in [-0.4, -0.2) is 31.2 Å². The minimum absolute atomic E-state index is 0.0346. The molecule has 4 bridgehead atoms. The first-order chi connectivity index (χ1) is 16.9. The molecule has 0 aliphatic heterocycles. The van der Waals surface area contributed by atoms with Crippen molar-refractivity contribution in [2.45, 2.75) is 56.6 Å². The molecule has 1 unspecified atom stereocenters. The van der Waals surface area contributed by atoms with Gasteiger partial charge in [0.1, 0.15) is 17.7 Å². The number of nitrogens with one attached hydrogen (secondary N) is 2. The van der Waals surface area contributed by atoms with Crippen LogP contribution >= 0.6 is 0 Å². The molecule has 1 atom stereocenters. The number of urea groups is 1. The van der Waals surface area contributed by atoms with Crippen molar-refractivity contribution in [1.82, 2.24) is 10.6 Å². The Hall–Kier alpha value is -3.09. The Bertz CT molecular complexity index is 1020. The Balaban J connectivity index is 1.19. The lowest BCUT2D eigenvalue weighted by Gasteiger charge is -2.56. The number of halogens is 1. The minimum Gasteiger partial charge on any atom is -0.486 e. The van der Waals surface area contributed by atoms with Crippen molar-refractivity contribution in [2.24, 2.45) is 17.8 Å². The number of rotatable bonds is 8. The van der Waals surface area contributed by atoms with Gasteiger partial charge in [0.05, 0.1) is 12.7 Å². The van der Waals surface area contributed by atoms with Crippen LogP contribution in [0.15, 0.2) is 48.5 Å². The largest absolute Gasteiger partial charge is 0.486 e. The summed E-state index contributed by atoms with van der Waals surface area (Å²) < 4.78 is 24.4. The van der Waals surface area contributed by atoms with Gasteiger partial charge in [-0.2, -0.15) is 0 Å². The molecule has 2 amide bonds. The van der Waals surface area contributed by atoms with E-state index in [-0.39, 0.29) is 23.5 Å². The maximum atomic E-state index is 13.5. The average molecular weight is 481 g/mol. The summed E-state index contributed by atoms with van der Waals surface area (Å²) in [5.74, 6) is 2.14. The standard InChI is InChI=1S/C28H33FN2O4/c1-34-26(32)22-4-8-24(9-5-22)35-25(21-2-6-23(29)7-3-21)10-11-30-27(33)31-28-15-18-12-19(16-28)14-20(13-18)17-28/h2-9,18-20,25H,10-17H2,1H3,(H2,30,31,33). The van der Waals surface area contributed by atoms with Gasteiger partial charge in [0.2, 0.25) is 0 Å². The fraction of sp³-hybridized carbons (Fsp3) is 0.500.